The summed E-state index contributed by atoms with van der Waals surface area (Å²) in [5, 5.41) is 7.10. The minimum absolute atomic E-state index is 0.339. The van der Waals surface area contributed by atoms with E-state index in [9.17, 15) is 0 Å². The number of aryl methyl sites for hydroxylation is 1. The predicted octanol–water partition coefficient (Wildman–Crippen LogP) is 0.722. The fourth-order valence-corrected chi connectivity index (χ4v) is 1.30. The predicted molar refractivity (Wildman–Crippen MR) is 58.1 cm³/mol. The largest absolute Gasteiger partial charge is 0.423 e. The van der Waals surface area contributed by atoms with Crippen molar-refractivity contribution in [2.75, 3.05) is 7.05 Å². The average Bonchev–Trinajstić information content (AvgIpc) is 2.67. The average molecular weight is 219 g/mol. The van der Waals surface area contributed by atoms with Crippen molar-refractivity contribution in [2.24, 2.45) is 7.05 Å². The Kier molecular flexibility index (Phi) is 3.11. The van der Waals surface area contributed by atoms with Gasteiger partial charge in [0.1, 0.15) is 12.1 Å². The molecule has 0 spiro atoms. The van der Waals surface area contributed by atoms with Crippen LogP contribution in [0.25, 0.3) is 0 Å². The summed E-state index contributed by atoms with van der Waals surface area (Å²) in [7, 11) is 3.66. The summed E-state index contributed by atoms with van der Waals surface area (Å²) in [6.07, 6.45) is 5.03. The van der Waals surface area contributed by atoms with Crippen molar-refractivity contribution in [2.45, 2.75) is 6.54 Å². The van der Waals surface area contributed by atoms with Crippen molar-refractivity contribution in [3.8, 4) is 11.8 Å². The van der Waals surface area contributed by atoms with Crippen molar-refractivity contribution in [1.82, 2.24) is 25.1 Å². The summed E-state index contributed by atoms with van der Waals surface area (Å²) < 4.78 is 7.15. The molecule has 6 nitrogen and oxygen atoms in total. The first-order valence-electron chi connectivity index (χ1n) is 4.90. The van der Waals surface area contributed by atoms with E-state index in [1.165, 1.54) is 0 Å². The monoisotopic (exact) mass is 219 g/mol. The molecule has 0 aromatic carbocycles. The zero-order chi connectivity index (χ0) is 11.4. The second-order valence-electron chi connectivity index (χ2n) is 3.32. The molecule has 6 heteroatoms. The second-order valence-corrected chi connectivity index (χ2v) is 3.32. The molecule has 2 aromatic rings. The number of aromatic nitrogens is 4. The fourth-order valence-electron chi connectivity index (χ4n) is 1.30. The van der Waals surface area contributed by atoms with E-state index in [1.54, 1.807) is 36.5 Å². The minimum atomic E-state index is 0.339. The van der Waals surface area contributed by atoms with Crippen LogP contribution < -0.4 is 10.1 Å². The van der Waals surface area contributed by atoms with E-state index in [0.29, 0.717) is 12.6 Å². The Hall–Kier alpha value is -1.95. The van der Waals surface area contributed by atoms with Gasteiger partial charge < -0.3 is 10.1 Å². The summed E-state index contributed by atoms with van der Waals surface area (Å²) in [5.74, 6) is 0.718. The normalized spacial score (nSPS) is 10.4. The lowest BCUT2D eigenvalue weighted by Crippen LogP contribution is -2.06. The van der Waals surface area contributed by atoms with Gasteiger partial charge >= 0.3 is 6.01 Å². The first kappa shape index (κ1) is 10.6. The van der Waals surface area contributed by atoms with E-state index in [4.69, 9.17) is 4.74 Å². The first-order chi connectivity index (χ1) is 7.79. The lowest BCUT2D eigenvalue weighted by atomic mass is 10.2. The van der Waals surface area contributed by atoms with Crippen molar-refractivity contribution in [3.63, 3.8) is 0 Å². The highest BCUT2D eigenvalue weighted by atomic mass is 16.5. The third kappa shape index (κ3) is 2.34. The van der Waals surface area contributed by atoms with Crippen LogP contribution in [-0.2, 0) is 13.6 Å². The summed E-state index contributed by atoms with van der Waals surface area (Å²) in [6, 6.07) is 2.13. The Bertz CT molecular complexity index is 468. The SMILES string of the molecule is CNCc1cnccc1Oc1ncn(C)n1. The van der Waals surface area contributed by atoms with Gasteiger partial charge in [-0.1, -0.05) is 0 Å². The van der Waals surface area contributed by atoms with Gasteiger partial charge in [0.15, 0.2) is 0 Å². The van der Waals surface area contributed by atoms with Gasteiger partial charge in [0.25, 0.3) is 0 Å². The van der Waals surface area contributed by atoms with E-state index in [1.807, 2.05) is 7.05 Å². The number of ether oxygens (including phenoxy) is 1. The Morgan fingerprint density at radius 2 is 2.38 bits per heavy atom. The zero-order valence-corrected chi connectivity index (χ0v) is 9.21. The van der Waals surface area contributed by atoms with Crippen molar-refractivity contribution >= 4 is 0 Å². The lowest BCUT2D eigenvalue weighted by molar-refractivity contribution is 0.432. The standard InChI is InChI=1S/C10H13N5O/c1-11-5-8-6-12-4-3-9(8)16-10-13-7-15(2)14-10/h3-4,6-7,11H,5H2,1-2H3. The molecule has 0 amide bonds. The number of hydrogen-bond donors (Lipinski definition) is 1. The van der Waals surface area contributed by atoms with Gasteiger partial charge in [-0.05, 0) is 13.1 Å². The Morgan fingerprint density at radius 1 is 1.50 bits per heavy atom. The molecule has 16 heavy (non-hydrogen) atoms. The molecular weight excluding hydrogens is 206 g/mol. The Labute approximate surface area is 93.3 Å². The maximum atomic E-state index is 5.56. The molecule has 0 radical (unpaired) electrons. The van der Waals surface area contributed by atoms with E-state index in [-0.39, 0.29) is 0 Å². The van der Waals surface area contributed by atoms with Gasteiger partial charge in [0, 0.05) is 31.5 Å². The molecule has 2 rings (SSSR count). The van der Waals surface area contributed by atoms with Crippen LogP contribution in [0.3, 0.4) is 0 Å². The molecule has 2 aromatic heterocycles. The molecule has 0 bridgehead atoms. The van der Waals surface area contributed by atoms with Crippen molar-refractivity contribution in [1.29, 1.82) is 0 Å². The molecule has 0 aliphatic heterocycles. The summed E-state index contributed by atoms with van der Waals surface area (Å²) >= 11 is 0. The maximum absolute atomic E-state index is 5.56. The van der Waals surface area contributed by atoms with Gasteiger partial charge in [0.05, 0.1) is 0 Å². The number of nitrogens with one attached hydrogen (secondary N) is 1. The van der Waals surface area contributed by atoms with Gasteiger partial charge in [-0.2, -0.15) is 4.98 Å². The highest BCUT2D eigenvalue weighted by Gasteiger charge is 2.06. The van der Waals surface area contributed by atoms with Gasteiger partial charge in [0.2, 0.25) is 0 Å². The molecule has 2 heterocycles. The molecule has 0 aliphatic rings. The summed E-state index contributed by atoms with van der Waals surface area (Å²) in [4.78, 5) is 8.05. The van der Waals surface area contributed by atoms with E-state index in [0.717, 1.165) is 11.3 Å². The topological polar surface area (TPSA) is 64.9 Å². The number of hydrogen-bond acceptors (Lipinski definition) is 5. The highest BCUT2D eigenvalue weighted by Crippen LogP contribution is 2.21. The Balaban J connectivity index is 2.20. The summed E-state index contributed by atoms with van der Waals surface area (Å²) in [6.45, 7) is 0.690. The van der Waals surface area contributed by atoms with Crippen molar-refractivity contribution in [3.05, 3.63) is 30.4 Å². The summed E-state index contributed by atoms with van der Waals surface area (Å²) in [5.41, 5.74) is 0.970. The molecular formula is C10H13N5O. The van der Waals surface area contributed by atoms with Crippen LogP contribution in [0, 0.1) is 0 Å². The lowest BCUT2D eigenvalue weighted by Gasteiger charge is -2.06. The molecule has 0 aliphatic carbocycles. The van der Waals surface area contributed by atoms with Crippen LogP contribution >= 0.6 is 0 Å². The molecule has 1 N–H and O–H groups in total. The van der Waals surface area contributed by atoms with Crippen LogP contribution in [0.2, 0.25) is 0 Å². The molecule has 0 atom stereocenters. The quantitative estimate of drug-likeness (QED) is 0.820. The molecule has 0 saturated heterocycles. The third-order valence-electron chi connectivity index (χ3n) is 2.01. The van der Waals surface area contributed by atoms with E-state index >= 15 is 0 Å². The van der Waals surface area contributed by atoms with Crippen LogP contribution in [0.5, 0.6) is 11.8 Å². The highest BCUT2D eigenvalue weighted by molar-refractivity contribution is 5.31. The second kappa shape index (κ2) is 4.71. The number of rotatable bonds is 4. The fraction of sp³-hybridized carbons (Fsp3) is 0.300. The smallest absolute Gasteiger partial charge is 0.340 e. The van der Waals surface area contributed by atoms with Crippen LogP contribution in [0.4, 0.5) is 0 Å². The van der Waals surface area contributed by atoms with Gasteiger partial charge in [-0.3, -0.25) is 9.67 Å². The van der Waals surface area contributed by atoms with E-state index in [2.05, 4.69) is 20.4 Å². The first-order valence-corrected chi connectivity index (χ1v) is 4.90. The Morgan fingerprint density at radius 3 is 3.06 bits per heavy atom. The molecule has 0 unspecified atom stereocenters. The maximum Gasteiger partial charge on any atom is 0.340 e. The molecule has 84 valence electrons. The number of nitrogens with zero attached hydrogens (tertiary/aromatic N) is 4. The third-order valence-corrected chi connectivity index (χ3v) is 2.01. The van der Waals surface area contributed by atoms with Gasteiger partial charge in [-0.15, -0.1) is 5.10 Å². The van der Waals surface area contributed by atoms with E-state index < -0.39 is 0 Å². The molecule has 0 saturated carbocycles. The van der Waals surface area contributed by atoms with Crippen LogP contribution in [-0.4, -0.2) is 26.8 Å². The number of pyridine rings is 1. The molecule has 0 fully saturated rings. The van der Waals surface area contributed by atoms with Crippen molar-refractivity contribution < 1.29 is 4.74 Å². The zero-order valence-electron chi connectivity index (χ0n) is 9.21. The van der Waals surface area contributed by atoms with Crippen LogP contribution in [0.15, 0.2) is 24.8 Å². The van der Waals surface area contributed by atoms with Crippen LogP contribution in [0.1, 0.15) is 5.56 Å². The van der Waals surface area contributed by atoms with Gasteiger partial charge in [-0.25, -0.2) is 0 Å². The minimum Gasteiger partial charge on any atom is -0.423 e.